The van der Waals surface area contributed by atoms with Gasteiger partial charge in [-0.25, -0.2) is 4.39 Å². The molecule has 7 heteroatoms. The van der Waals surface area contributed by atoms with Gasteiger partial charge in [-0.3, -0.25) is 0 Å². The van der Waals surface area contributed by atoms with Gasteiger partial charge in [0.15, 0.2) is 0 Å². The number of aromatic nitrogens is 2. The average molecular weight is 364 g/mol. The molecule has 19 heavy (non-hydrogen) atoms. The summed E-state index contributed by atoms with van der Waals surface area (Å²) in [5.41, 5.74) is 0.736. The van der Waals surface area contributed by atoms with Crippen molar-refractivity contribution in [3.63, 3.8) is 0 Å². The summed E-state index contributed by atoms with van der Waals surface area (Å²) in [7, 11) is 0. The lowest BCUT2D eigenvalue weighted by Crippen LogP contribution is -2.05. The van der Waals surface area contributed by atoms with E-state index >= 15 is 0 Å². The Morgan fingerprint density at radius 1 is 1.37 bits per heavy atom. The third-order valence-electron chi connectivity index (χ3n) is 2.48. The van der Waals surface area contributed by atoms with Crippen molar-refractivity contribution in [2.24, 2.45) is 0 Å². The summed E-state index contributed by atoms with van der Waals surface area (Å²) >= 11 is 10.4. The summed E-state index contributed by atoms with van der Waals surface area (Å²) in [6, 6.07) is 6.00. The largest absolute Gasteiger partial charge is 0.382 e. The molecular weight excluding hydrogens is 355 g/mol. The zero-order valence-corrected chi connectivity index (χ0v) is 12.9. The van der Waals surface area contributed by atoms with Crippen LogP contribution in [0.5, 0.6) is 0 Å². The van der Waals surface area contributed by atoms with E-state index < -0.39 is 11.9 Å². The van der Waals surface area contributed by atoms with E-state index in [4.69, 9.17) is 11.6 Å². The molecule has 0 amide bonds. The molecule has 1 heterocycles. The Balaban J connectivity index is 2.37. The van der Waals surface area contributed by atoms with Gasteiger partial charge >= 0.3 is 0 Å². The van der Waals surface area contributed by atoms with E-state index in [1.54, 1.807) is 12.1 Å². The molecule has 1 N–H and O–H groups in total. The summed E-state index contributed by atoms with van der Waals surface area (Å²) in [4.78, 5) is 0. The minimum atomic E-state index is -1.05. The standard InChI is InChI=1S/C12H9BrClFN2OS/c1-19-11-3-2-10(16-17-11)12(18)6-4-7(13)9(15)5-8(6)14/h2-5,12,18H,1H3. The van der Waals surface area contributed by atoms with Crippen LogP contribution in [0.4, 0.5) is 4.39 Å². The molecule has 2 rings (SSSR count). The number of aliphatic hydroxyl groups is 1. The first-order valence-corrected chi connectivity index (χ1v) is 7.62. The van der Waals surface area contributed by atoms with Crippen molar-refractivity contribution >= 4 is 39.3 Å². The lowest BCUT2D eigenvalue weighted by atomic mass is 10.1. The Kier molecular flexibility index (Phi) is 4.78. The fourth-order valence-electron chi connectivity index (χ4n) is 1.49. The van der Waals surface area contributed by atoms with E-state index in [1.807, 2.05) is 6.26 Å². The first kappa shape index (κ1) is 14.7. The molecular formula is C12H9BrClFN2OS. The zero-order valence-electron chi connectivity index (χ0n) is 9.77. The Morgan fingerprint density at radius 3 is 2.68 bits per heavy atom. The quantitative estimate of drug-likeness (QED) is 0.665. The highest BCUT2D eigenvalue weighted by Gasteiger charge is 2.18. The number of aliphatic hydroxyl groups excluding tert-OH is 1. The summed E-state index contributed by atoms with van der Waals surface area (Å²) in [5.74, 6) is -0.482. The summed E-state index contributed by atoms with van der Waals surface area (Å²) in [5, 5.41) is 19.0. The molecule has 0 aliphatic rings. The predicted octanol–water partition coefficient (Wildman–Crippen LogP) is 3.84. The van der Waals surface area contributed by atoms with Crippen LogP contribution in [0.2, 0.25) is 5.02 Å². The highest BCUT2D eigenvalue weighted by molar-refractivity contribution is 9.10. The molecule has 0 fully saturated rings. The number of benzene rings is 1. The van der Waals surface area contributed by atoms with Gasteiger partial charge in [-0.05, 0) is 46.5 Å². The van der Waals surface area contributed by atoms with Gasteiger partial charge in [-0.2, -0.15) is 5.10 Å². The number of rotatable bonds is 3. The summed E-state index contributed by atoms with van der Waals surface area (Å²) < 4.78 is 13.5. The van der Waals surface area contributed by atoms with Crippen molar-refractivity contribution in [1.82, 2.24) is 10.2 Å². The first-order chi connectivity index (χ1) is 9.02. The molecule has 100 valence electrons. The van der Waals surface area contributed by atoms with Crippen molar-refractivity contribution in [3.05, 3.63) is 50.8 Å². The van der Waals surface area contributed by atoms with Crippen LogP contribution in [-0.4, -0.2) is 21.6 Å². The first-order valence-electron chi connectivity index (χ1n) is 5.23. The third kappa shape index (κ3) is 3.25. The lowest BCUT2D eigenvalue weighted by molar-refractivity contribution is 0.213. The molecule has 0 aliphatic heterocycles. The van der Waals surface area contributed by atoms with E-state index in [1.165, 1.54) is 17.8 Å². The highest BCUT2D eigenvalue weighted by atomic mass is 79.9. The molecule has 1 aromatic carbocycles. The van der Waals surface area contributed by atoms with Crippen molar-refractivity contribution in [3.8, 4) is 0 Å². The molecule has 0 radical (unpaired) electrons. The molecule has 3 nitrogen and oxygen atoms in total. The fraction of sp³-hybridized carbons (Fsp3) is 0.167. The normalized spacial score (nSPS) is 12.5. The van der Waals surface area contributed by atoms with Gasteiger partial charge in [-0.15, -0.1) is 16.9 Å². The Hall–Kier alpha value is -0.690. The number of thioether (sulfide) groups is 1. The zero-order chi connectivity index (χ0) is 14.0. The lowest BCUT2D eigenvalue weighted by Gasteiger charge is -2.12. The smallest absolute Gasteiger partial charge is 0.138 e. The van der Waals surface area contributed by atoms with Crippen LogP contribution < -0.4 is 0 Å². The third-order valence-corrected chi connectivity index (χ3v) is 4.06. The fourth-order valence-corrected chi connectivity index (χ4v) is 2.43. The molecule has 0 saturated heterocycles. The minimum Gasteiger partial charge on any atom is -0.382 e. The number of nitrogens with zero attached hydrogens (tertiary/aromatic N) is 2. The van der Waals surface area contributed by atoms with Crippen molar-refractivity contribution in [2.75, 3.05) is 6.26 Å². The Labute approximate surface area is 127 Å². The van der Waals surface area contributed by atoms with E-state index in [0.717, 1.165) is 11.1 Å². The van der Waals surface area contributed by atoms with Gasteiger partial charge in [0.2, 0.25) is 0 Å². The van der Waals surface area contributed by atoms with Crippen LogP contribution in [0.25, 0.3) is 0 Å². The summed E-state index contributed by atoms with van der Waals surface area (Å²) in [6.45, 7) is 0. The van der Waals surface area contributed by atoms with Crippen LogP contribution >= 0.6 is 39.3 Å². The topological polar surface area (TPSA) is 46.0 Å². The second-order valence-corrected chi connectivity index (χ2v) is 5.78. The molecule has 0 saturated carbocycles. The van der Waals surface area contributed by atoms with Gasteiger partial charge in [0, 0.05) is 10.6 Å². The van der Waals surface area contributed by atoms with Gasteiger partial charge < -0.3 is 5.11 Å². The van der Waals surface area contributed by atoms with Crippen molar-refractivity contribution in [1.29, 1.82) is 0 Å². The highest BCUT2D eigenvalue weighted by Crippen LogP contribution is 2.31. The van der Waals surface area contributed by atoms with Gasteiger partial charge in [0.25, 0.3) is 0 Å². The van der Waals surface area contributed by atoms with E-state index in [-0.39, 0.29) is 9.50 Å². The summed E-state index contributed by atoms with van der Waals surface area (Å²) in [6.07, 6.45) is 0.835. The van der Waals surface area contributed by atoms with Crippen LogP contribution in [0.3, 0.4) is 0 Å². The van der Waals surface area contributed by atoms with Gasteiger partial charge in [0.1, 0.15) is 16.9 Å². The molecule has 1 atom stereocenters. The number of hydrogen-bond acceptors (Lipinski definition) is 4. The molecule has 0 spiro atoms. The van der Waals surface area contributed by atoms with Gasteiger partial charge in [0.05, 0.1) is 10.2 Å². The minimum absolute atomic E-state index is 0.143. The van der Waals surface area contributed by atoms with Crippen LogP contribution in [-0.2, 0) is 0 Å². The molecule has 0 bridgehead atoms. The maximum absolute atomic E-state index is 13.3. The van der Waals surface area contributed by atoms with E-state index in [0.29, 0.717) is 11.3 Å². The maximum atomic E-state index is 13.3. The predicted molar refractivity (Wildman–Crippen MR) is 77.0 cm³/mol. The van der Waals surface area contributed by atoms with Crippen molar-refractivity contribution < 1.29 is 9.50 Å². The van der Waals surface area contributed by atoms with Crippen LogP contribution in [0.1, 0.15) is 17.4 Å². The second-order valence-electron chi connectivity index (χ2n) is 3.69. The Bertz CT molecular complexity index is 597. The van der Waals surface area contributed by atoms with Crippen LogP contribution in [0, 0.1) is 5.82 Å². The average Bonchev–Trinajstić information content (AvgIpc) is 2.42. The SMILES string of the molecule is CSc1ccc(C(O)c2cc(Br)c(F)cc2Cl)nn1. The Morgan fingerprint density at radius 2 is 2.11 bits per heavy atom. The molecule has 0 aliphatic carbocycles. The number of halogens is 3. The second kappa shape index (κ2) is 6.17. The van der Waals surface area contributed by atoms with E-state index in [9.17, 15) is 9.50 Å². The maximum Gasteiger partial charge on any atom is 0.138 e. The molecule has 1 aromatic heterocycles. The van der Waals surface area contributed by atoms with Crippen molar-refractivity contribution in [2.45, 2.75) is 11.1 Å². The van der Waals surface area contributed by atoms with Crippen LogP contribution in [0.15, 0.2) is 33.8 Å². The number of hydrogen-bond donors (Lipinski definition) is 1. The monoisotopic (exact) mass is 362 g/mol. The van der Waals surface area contributed by atoms with Gasteiger partial charge in [-0.1, -0.05) is 11.6 Å². The molecule has 2 aromatic rings. The molecule has 1 unspecified atom stereocenters. The van der Waals surface area contributed by atoms with E-state index in [2.05, 4.69) is 26.1 Å².